The number of benzene rings is 1. The van der Waals surface area contributed by atoms with Gasteiger partial charge in [0.25, 0.3) is 0 Å². The molecule has 4 fully saturated rings. The molecule has 5 rings (SSSR count). The van der Waals surface area contributed by atoms with E-state index in [1.54, 1.807) is 24.3 Å². The van der Waals surface area contributed by atoms with Crippen LogP contribution in [0.25, 0.3) is 0 Å². The first kappa shape index (κ1) is 14.0. The third-order valence-corrected chi connectivity index (χ3v) is 7.37. The van der Waals surface area contributed by atoms with Crippen molar-refractivity contribution < 1.29 is 8.42 Å². The highest BCUT2D eigenvalue weighted by molar-refractivity contribution is 7.89. The molecule has 0 heterocycles. The predicted octanol–water partition coefficient (Wildman–Crippen LogP) is 3.44. The van der Waals surface area contributed by atoms with Gasteiger partial charge in [-0.05, 0) is 80.0 Å². The molecule has 0 atom stereocenters. The Bertz CT molecular complexity index is 613. The second-order valence-electron chi connectivity index (χ2n) is 7.03. The van der Waals surface area contributed by atoms with Gasteiger partial charge in [-0.3, -0.25) is 0 Å². The standard InChI is InChI=1S/C16H20ClNO2S/c17-14-1-3-15(4-2-14)21(19,20)18-16-12-6-10-5-11(8-12)9-13(16)7-10/h1-4,10-13,16,18H,5-9H2. The lowest BCUT2D eigenvalue weighted by Gasteiger charge is -2.54. The van der Waals surface area contributed by atoms with Gasteiger partial charge in [0, 0.05) is 11.1 Å². The van der Waals surface area contributed by atoms with Crippen LogP contribution in [0.2, 0.25) is 5.02 Å². The molecule has 1 aromatic carbocycles. The van der Waals surface area contributed by atoms with Crippen molar-refractivity contribution in [1.82, 2.24) is 4.72 Å². The Morgan fingerprint density at radius 2 is 1.43 bits per heavy atom. The largest absolute Gasteiger partial charge is 0.240 e. The van der Waals surface area contributed by atoms with E-state index >= 15 is 0 Å². The predicted molar refractivity (Wildman–Crippen MR) is 82.6 cm³/mol. The van der Waals surface area contributed by atoms with Gasteiger partial charge in [-0.15, -0.1) is 0 Å². The number of hydrogen-bond acceptors (Lipinski definition) is 2. The van der Waals surface area contributed by atoms with E-state index in [9.17, 15) is 8.42 Å². The minimum absolute atomic E-state index is 0.137. The maximum atomic E-state index is 12.6. The maximum Gasteiger partial charge on any atom is 0.240 e. The van der Waals surface area contributed by atoms with Crippen LogP contribution in [0, 0.1) is 23.7 Å². The quantitative estimate of drug-likeness (QED) is 0.925. The fraction of sp³-hybridized carbons (Fsp3) is 0.625. The molecule has 0 spiro atoms. The van der Waals surface area contributed by atoms with Crippen LogP contribution in [0.5, 0.6) is 0 Å². The number of nitrogens with one attached hydrogen (secondary N) is 1. The second-order valence-corrected chi connectivity index (χ2v) is 9.18. The highest BCUT2D eigenvalue weighted by Gasteiger charge is 2.49. The summed E-state index contributed by atoms with van der Waals surface area (Å²) in [6.07, 6.45) is 6.22. The molecule has 5 heteroatoms. The van der Waals surface area contributed by atoms with Crippen molar-refractivity contribution in [2.45, 2.75) is 43.0 Å². The molecular formula is C16H20ClNO2S. The Labute approximate surface area is 131 Å². The van der Waals surface area contributed by atoms with Crippen molar-refractivity contribution in [3.8, 4) is 0 Å². The monoisotopic (exact) mass is 325 g/mol. The molecule has 4 saturated carbocycles. The van der Waals surface area contributed by atoms with Crippen LogP contribution in [0.15, 0.2) is 29.2 Å². The number of hydrogen-bond donors (Lipinski definition) is 1. The summed E-state index contributed by atoms with van der Waals surface area (Å²) in [6, 6.07) is 6.57. The zero-order valence-electron chi connectivity index (χ0n) is 11.8. The molecule has 1 N–H and O–H groups in total. The van der Waals surface area contributed by atoms with Crippen LogP contribution in [0.1, 0.15) is 32.1 Å². The van der Waals surface area contributed by atoms with Gasteiger partial charge in [0.1, 0.15) is 0 Å². The second kappa shape index (κ2) is 4.97. The summed E-state index contributed by atoms with van der Waals surface area (Å²) < 4.78 is 28.2. The highest BCUT2D eigenvalue weighted by Crippen LogP contribution is 2.53. The van der Waals surface area contributed by atoms with Gasteiger partial charge < -0.3 is 0 Å². The Balaban J connectivity index is 1.56. The van der Waals surface area contributed by atoms with Crippen molar-refractivity contribution >= 4 is 21.6 Å². The lowest BCUT2D eigenvalue weighted by Crippen LogP contribution is -2.55. The first-order valence-electron chi connectivity index (χ1n) is 7.79. The summed E-state index contributed by atoms with van der Waals surface area (Å²) in [6.45, 7) is 0. The fourth-order valence-corrected chi connectivity index (χ4v) is 6.48. The average Bonchev–Trinajstić information content (AvgIpc) is 2.42. The van der Waals surface area contributed by atoms with Gasteiger partial charge in [0.2, 0.25) is 10.0 Å². The van der Waals surface area contributed by atoms with Crippen molar-refractivity contribution in [2.24, 2.45) is 23.7 Å². The molecule has 4 bridgehead atoms. The normalized spacial score (nSPS) is 37.9. The van der Waals surface area contributed by atoms with Crippen molar-refractivity contribution in [3.63, 3.8) is 0 Å². The molecule has 3 nitrogen and oxygen atoms in total. The first-order valence-corrected chi connectivity index (χ1v) is 9.65. The van der Waals surface area contributed by atoms with Gasteiger partial charge in [-0.25, -0.2) is 13.1 Å². The Morgan fingerprint density at radius 1 is 0.905 bits per heavy atom. The third kappa shape index (κ3) is 2.51. The van der Waals surface area contributed by atoms with E-state index in [1.807, 2.05) is 0 Å². The Morgan fingerprint density at radius 3 is 1.95 bits per heavy atom. The van der Waals surface area contributed by atoms with E-state index in [2.05, 4.69) is 4.72 Å². The van der Waals surface area contributed by atoms with E-state index in [0.29, 0.717) is 21.8 Å². The van der Waals surface area contributed by atoms with Gasteiger partial charge in [0.05, 0.1) is 4.90 Å². The van der Waals surface area contributed by atoms with Gasteiger partial charge in [-0.1, -0.05) is 11.6 Å². The summed E-state index contributed by atoms with van der Waals surface area (Å²) in [5, 5.41) is 0.559. The lowest BCUT2D eigenvalue weighted by molar-refractivity contribution is -0.00557. The SMILES string of the molecule is O=S(=O)(NC1C2CC3CC(C2)CC1C3)c1ccc(Cl)cc1. The first-order chi connectivity index (χ1) is 10.0. The molecule has 4 aliphatic carbocycles. The third-order valence-electron chi connectivity index (χ3n) is 5.64. The van der Waals surface area contributed by atoms with E-state index in [1.165, 1.54) is 32.1 Å². The van der Waals surface area contributed by atoms with Gasteiger partial charge in [-0.2, -0.15) is 0 Å². The molecular weight excluding hydrogens is 306 g/mol. The Kier molecular flexibility index (Phi) is 3.32. The zero-order valence-corrected chi connectivity index (χ0v) is 13.4. The van der Waals surface area contributed by atoms with E-state index < -0.39 is 10.0 Å². The van der Waals surface area contributed by atoms with Crippen LogP contribution in [0.4, 0.5) is 0 Å². The smallest absolute Gasteiger partial charge is 0.208 e. The molecule has 0 amide bonds. The summed E-state index contributed by atoms with van der Waals surface area (Å²) >= 11 is 5.84. The molecule has 0 aliphatic heterocycles. The summed E-state index contributed by atoms with van der Waals surface area (Å²) in [5.41, 5.74) is 0. The van der Waals surface area contributed by atoms with E-state index in [4.69, 9.17) is 11.6 Å². The van der Waals surface area contributed by atoms with Gasteiger partial charge in [0.15, 0.2) is 0 Å². The maximum absolute atomic E-state index is 12.6. The minimum Gasteiger partial charge on any atom is -0.208 e. The zero-order chi connectivity index (χ0) is 14.6. The molecule has 0 unspecified atom stereocenters. The highest BCUT2D eigenvalue weighted by atomic mass is 35.5. The van der Waals surface area contributed by atoms with Crippen molar-refractivity contribution in [3.05, 3.63) is 29.3 Å². The summed E-state index contributed by atoms with van der Waals surface area (Å²) in [5.74, 6) is 2.79. The van der Waals surface area contributed by atoms with Crippen LogP contribution < -0.4 is 4.72 Å². The molecule has 0 saturated heterocycles. The van der Waals surface area contributed by atoms with Crippen molar-refractivity contribution in [1.29, 1.82) is 0 Å². The number of rotatable bonds is 3. The summed E-state index contributed by atoms with van der Waals surface area (Å²) in [7, 11) is -3.43. The molecule has 1 aromatic rings. The summed E-state index contributed by atoms with van der Waals surface area (Å²) in [4.78, 5) is 0.320. The van der Waals surface area contributed by atoms with E-state index in [-0.39, 0.29) is 6.04 Å². The fourth-order valence-electron chi connectivity index (χ4n) is 4.98. The van der Waals surface area contributed by atoms with Crippen LogP contribution in [-0.2, 0) is 10.0 Å². The molecule has 4 aliphatic rings. The average molecular weight is 326 g/mol. The topological polar surface area (TPSA) is 46.2 Å². The molecule has 0 aromatic heterocycles. The Hall–Kier alpha value is -0.580. The number of sulfonamides is 1. The minimum atomic E-state index is -3.43. The van der Waals surface area contributed by atoms with Crippen LogP contribution in [0.3, 0.4) is 0 Å². The van der Waals surface area contributed by atoms with Crippen LogP contribution in [-0.4, -0.2) is 14.5 Å². The van der Waals surface area contributed by atoms with Gasteiger partial charge >= 0.3 is 0 Å². The van der Waals surface area contributed by atoms with Crippen molar-refractivity contribution in [2.75, 3.05) is 0 Å². The van der Waals surface area contributed by atoms with Crippen LogP contribution >= 0.6 is 11.6 Å². The van der Waals surface area contributed by atoms with E-state index in [0.717, 1.165) is 11.8 Å². The number of halogens is 1. The molecule has 21 heavy (non-hydrogen) atoms. The lowest BCUT2D eigenvalue weighted by atomic mass is 9.54. The molecule has 0 radical (unpaired) electrons. The molecule has 114 valence electrons.